The van der Waals surface area contributed by atoms with E-state index < -0.39 is 0 Å². The zero-order valence-corrected chi connectivity index (χ0v) is 9.77. The lowest BCUT2D eigenvalue weighted by atomic mass is 9.88. The number of ketones is 1. The van der Waals surface area contributed by atoms with E-state index in [9.17, 15) is 4.79 Å². The monoisotopic (exact) mass is 208 g/mol. The van der Waals surface area contributed by atoms with Crippen LogP contribution in [0, 0.1) is 5.41 Å². The molecule has 0 aliphatic heterocycles. The number of thiol groups is 1. The van der Waals surface area contributed by atoms with Crippen molar-refractivity contribution in [1.82, 2.24) is 0 Å². The van der Waals surface area contributed by atoms with Gasteiger partial charge < -0.3 is 0 Å². The molecule has 1 aromatic carbocycles. The van der Waals surface area contributed by atoms with E-state index in [0.29, 0.717) is 6.42 Å². The summed E-state index contributed by atoms with van der Waals surface area (Å²) < 4.78 is 0. The second-order valence-electron chi connectivity index (χ2n) is 4.71. The Kier molecular flexibility index (Phi) is 3.38. The summed E-state index contributed by atoms with van der Waals surface area (Å²) >= 11 is 4.18. The smallest absolute Gasteiger partial charge is 0.163 e. The number of carbonyl (C=O) groups is 1. The highest BCUT2D eigenvalue weighted by Gasteiger charge is 2.16. The first-order valence-corrected chi connectivity index (χ1v) is 5.15. The van der Waals surface area contributed by atoms with Crippen LogP contribution in [0.4, 0.5) is 0 Å². The van der Waals surface area contributed by atoms with Crippen molar-refractivity contribution in [2.24, 2.45) is 5.41 Å². The van der Waals surface area contributed by atoms with Crippen LogP contribution >= 0.6 is 12.6 Å². The normalized spacial score (nSPS) is 11.4. The van der Waals surface area contributed by atoms with Gasteiger partial charge in [-0.3, -0.25) is 4.79 Å². The van der Waals surface area contributed by atoms with E-state index in [2.05, 4.69) is 33.4 Å². The lowest BCUT2D eigenvalue weighted by Crippen LogP contribution is -2.12. The molecule has 0 amide bonds. The highest BCUT2D eigenvalue weighted by molar-refractivity contribution is 7.80. The average molecular weight is 208 g/mol. The lowest BCUT2D eigenvalue weighted by Gasteiger charge is -2.16. The third kappa shape index (κ3) is 3.54. The van der Waals surface area contributed by atoms with Crippen LogP contribution in [0.15, 0.2) is 29.2 Å². The number of hydrogen-bond donors (Lipinski definition) is 1. The summed E-state index contributed by atoms with van der Waals surface area (Å²) in [6.45, 7) is 6.20. The largest absolute Gasteiger partial charge is 0.294 e. The van der Waals surface area contributed by atoms with E-state index in [1.165, 1.54) is 0 Å². The van der Waals surface area contributed by atoms with Gasteiger partial charge >= 0.3 is 0 Å². The summed E-state index contributed by atoms with van der Waals surface area (Å²) in [6, 6.07) is 7.35. The number of carbonyl (C=O) groups excluding carboxylic acids is 1. The van der Waals surface area contributed by atoms with Crippen LogP contribution in [-0.2, 0) is 0 Å². The van der Waals surface area contributed by atoms with Gasteiger partial charge in [0.1, 0.15) is 0 Å². The Morgan fingerprint density at radius 1 is 1.21 bits per heavy atom. The molecule has 0 spiro atoms. The molecule has 0 aromatic heterocycles. The summed E-state index contributed by atoms with van der Waals surface area (Å²) in [5, 5.41) is 0. The summed E-state index contributed by atoms with van der Waals surface area (Å²) in [5.41, 5.74) is 0.828. The molecule has 2 heteroatoms. The van der Waals surface area contributed by atoms with Crippen molar-refractivity contribution in [2.45, 2.75) is 32.1 Å². The van der Waals surface area contributed by atoms with Crippen LogP contribution in [0.2, 0.25) is 0 Å². The van der Waals surface area contributed by atoms with E-state index in [1.807, 2.05) is 24.3 Å². The fourth-order valence-electron chi connectivity index (χ4n) is 1.23. The van der Waals surface area contributed by atoms with Gasteiger partial charge in [-0.15, -0.1) is 12.6 Å². The Morgan fingerprint density at radius 2 is 1.71 bits per heavy atom. The molecule has 0 atom stereocenters. The van der Waals surface area contributed by atoms with Gasteiger partial charge in [0.05, 0.1) is 0 Å². The van der Waals surface area contributed by atoms with Crippen molar-refractivity contribution in [2.75, 3.05) is 0 Å². The third-order valence-electron chi connectivity index (χ3n) is 1.88. The van der Waals surface area contributed by atoms with Crippen LogP contribution in [0.1, 0.15) is 37.6 Å². The number of Topliss-reactive ketones (excluding diaryl/α,β-unsaturated/α-hetero) is 1. The van der Waals surface area contributed by atoms with Crippen LogP contribution < -0.4 is 0 Å². The maximum Gasteiger partial charge on any atom is 0.163 e. The molecule has 0 fully saturated rings. The van der Waals surface area contributed by atoms with Crippen molar-refractivity contribution >= 4 is 18.4 Å². The predicted molar refractivity (Wildman–Crippen MR) is 62.1 cm³/mol. The van der Waals surface area contributed by atoms with Crippen molar-refractivity contribution < 1.29 is 4.79 Å². The molecule has 0 heterocycles. The van der Waals surface area contributed by atoms with Crippen molar-refractivity contribution in [3.63, 3.8) is 0 Å². The second kappa shape index (κ2) is 4.18. The molecule has 0 aliphatic rings. The maximum absolute atomic E-state index is 11.7. The summed E-state index contributed by atoms with van der Waals surface area (Å²) in [6.07, 6.45) is 0.582. The first kappa shape index (κ1) is 11.3. The molecule has 0 aliphatic carbocycles. The SMILES string of the molecule is CC(C)(C)CC(=O)c1ccc(S)cc1. The number of rotatable bonds is 2. The topological polar surface area (TPSA) is 17.1 Å². The molecule has 1 aromatic rings. The minimum absolute atomic E-state index is 0.0523. The predicted octanol–water partition coefficient (Wildman–Crippen LogP) is 3.59. The molecule has 76 valence electrons. The zero-order valence-electron chi connectivity index (χ0n) is 8.87. The number of benzene rings is 1. The highest BCUT2D eigenvalue weighted by Crippen LogP contribution is 2.21. The molecule has 0 N–H and O–H groups in total. The molecule has 1 nitrogen and oxygen atoms in total. The Hall–Kier alpha value is -0.760. The molecule has 14 heavy (non-hydrogen) atoms. The molecule has 0 radical (unpaired) electrons. The standard InChI is InChI=1S/C12H16OS/c1-12(2,3)8-11(13)9-4-6-10(14)7-5-9/h4-7,14H,8H2,1-3H3. The molecule has 0 bridgehead atoms. The Labute approximate surface area is 90.9 Å². The van der Waals surface area contributed by atoms with Crippen LogP contribution in [0.5, 0.6) is 0 Å². The molecule has 0 saturated heterocycles. The van der Waals surface area contributed by atoms with Gasteiger partial charge in [0.25, 0.3) is 0 Å². The van der Waals surface area contributed by atoms with Gasteiger partial charge in [0, 0.05) is 16.9 Å². The molecule has 1 rings (SSSR count). The van der Waals surface area contributed by atoms with E-state index in [1.54, 1.807) is 0 Å². The fraction of sp³-hybridized carbons (Fsp3) is 0.417. The second-order valence-corrected chi connectivity index (χ2v) is 5.22. The van der Waals surface area contributed by atoms with Gasteiger partial charge in [-0.05, 0) is 17.5 Å². The van der Waals surface area contributed by atoms with Gasteiger partial charge in [-0.25, -0.2) is 0 Å². The van der Waals surface area contributed by atoms with Crippen molar-refractivity contribution in [1.29, 1.82) is 0 Å². The van der Waals surface area contributed by atoms with E-state index in [0.717, 1.165) is 10.5 Å². The molecular weight excluding hydrogens is 192 g/mol. The molecule has 0 saturated carbocycles. The minimum atomic E-state index is 0.0523. The molecular formula is C12H16OS. The van der Waals surface area contributed by atoms with Crippen molar-refractivity contribution in [3.8, 4) is 0 Å². The Morgan fingerprint density at radius 3 is 2.14 bits per heavy atom. The zero-order chi connectivity index (χ0) is 10.8. The minimum Gasteiger partial charge on any atom is -0.294 e. The third-order valence-corrected chi connectivity index (χ3v) is 2.18. The number of hydrogen-bond acceptors (Lipinski definition) is 2. The van der Waals surface area contributed by atoms with Gasteiger partial charge in [-0.2, -0.15) is 0 Å². The van der Waals surface area contributed by atoms with Crippen LogP contribution in [0.3, 0.4) is 0 Å². The lowest BCUT2D eigenvalue weighted by molar-refractivity contribution is 0.0940. The maximum atomic E-state index is 11.7. The first-order valence-electron chi connectivity index (χ1n) is 4.71. The van der Waals surface area contributed by atoms with Gasteiger partial charge in [-0.1, -0.05) is 32.9 Å². The highest BCUT2D eigenvalue weighted by atomic mass is 32.1. The fourth-order valence-corrected chi connectivity index (χ4v) is 1.38. The summed E-state index contributed by atoms with van der Waals surface area (Å²) in [4.78, 5) is 12.6. The van der Waals surface area contributed by atoms with Crippen LogP contribution in [-0.4, -0.2) is 5.78 Å². The van der Waals surface area contributed by atoms with Gasteiger partial charge in [0.2, 0.25) is 0 Å². The Bertz CT molecular complexity index is 319. The van der Waals surface area contributed by atoms with E-state index >= 15 is 0 Å². The summed E-state index contributed by atoms with van der Waals surface area (Å²) in [7, 11) is 0. The molecule has 0 unspecified atom stereocenters. The van der Waals surface area contributed by atoms with Gasteiger partial charge in [0.15, 0.2) is 5.78 Å². The summed E-state index contributed by atoms with van der Waals surface area (Å²) in [5.74, 6) is 0.200. The van der Waals surface area contributed by atoms with Crippen LogP contribution in [0.25, 0.3) is 0 Å². The average Bonchev–Trinajstić information content (AvgIpc) is 2.02. The van der Waals surface area contributed by atoms with Crippen molar-refractivity contribution in [3.05, 3.63) is 29.8 Å². The first-order chi connectivity index (χ1) is 6.38. The van der Waals surface area contributed by atoms with E-state index in [-0.39, 0.29) is 11.2 Å². The Balaban J connectivity index is 2.76. The quantitative estimate of drug-likeness (QED) is 0.580. The van der Waals surface area contributed by atoms with E-state index in [4.69, 9.17) is 0 Å².